The fourth-order valence-corrected chi connectivity index (χ4v) is 3.35. The molecule has 0 bridgehead atoms. The third-order valence-electron chi connectivity index (χ3n) is 5.43. The maximum absolute atomic E-state index is 13.0. The molecule has 162 valence electrons. The Bertz CT molecular complexity index is 1010. The van der Waals surface area contributed by atoms with E-state index in [1.165, 1.54) is 18.2 Å². The molecule has 2 aromatic carbocycles. The molecule has 0 saturated carbocycles. The first-order valence-corrected chi connectivity index (χ1v) is 10.2. The van der Waals surface area contributed by atoms with Crippen LogP contribution in [0.5, 0.6) is 5.75 Å². The highest BCUT2D eigenvalue weighted by atomic mass is 16.5. The molecule has 2 aromatic rings. The van der Waals surface area contributed by atoms with Crippen molar-refractivity contribution in [2.45, 2.75) is 38.6 Å². The summed E-state index contributed by atoms with van der Waals surface area (Å²) in [6, 6.07) is 12.5. The molecule has 6 nitrogen and oxygen atoms in total. The number of hydrogen-bond donors (Lipinski definition) is 3. The summed E-state index contributed by atoms with van der Waals surface area (Å²) in [5, 5.41) is 30.8. The Balaban J connectivity index is 2.14. The van der Waals surface area contributed by atoms with Crippen molar-refractivity contribution in [3.05, 3.63) is 71.8 Å². The molecular formula is C25H26O6. The van der Waals surface area contributed by atoms with Crippen LogP contribution in [0.4, 0.5) is 0 Å². The number of hydrogen-bond acceptors (Lipinski definition) is 6. The van der Waals surface area contributed by atoms with Crippen LogP contribution in [0, 0.1) is 5.92 Å². The lowest BCUT2D eigenvalue weighted by Gasteiger charge is -2.21. The van der Waals surface area contributed by atoms with E-state index in [0.717, 1.165) is 5.56 Å². The fourth-order valence-electron chi connectivity index (χ4n) is 3.35. The van der Waals surface area contributed by atoms with Gasteiger partial charge in [0.1, 0.15) is 23.5 Å². The Morgan fingerprint density at radius 1 is 0.968 bits per heavy atom. The number of ketones is 1. The average Bonchev–Trinajstić information content (AvgIpc) is 2.76. The van der Waals surface area contributed by atoms with Crippen LogP contribution in [0.2, 0.25) is 0 Å². The third kappa shape index (κ3) is 5.10. The largest absolute Gasteiger partial charge is 0.507 e. The summed E-state index contributed by atoms with van der Waals surface area (Å²) in [7, 11) is 0. The van der Waals surface area contributed by atoms with Crippen LogP contribution in [-0.4, -0.2) is 45.4 Å². The highest BCUT2D eigenvalue weighted by Crippen LogP contribution is 2.34. The van der Waals surface area contributed by atoms with E-state index in [9.17, 15) is 24.9 Å². The number of phenols is 1. The molecule has 0 aromatic heterocycles. The third-order valence-corrected chi connectivity index (χ3v) is 5.43. The number of cyclic esters (lactones) is 1. The first-order valence-electron chi connectivity index (χ1n) is 10.2. The van der Waals surface area contributed by atoms with E-state index in [2.05, 4.69) is 0 Å². The molecule has 1 aliphatic heterocycles. The summed E-state index contributed by atoms with van der Waals surface area (Å²) in [6.45, 7) is 3.44. The number of fused-ring (bicyclic) bond motifs is 1. The topological polar surface area (TPSA) is 104 Å². The van der Waals surface area contributed by atoms with Crippen molar-refractivity contribution in [3.63, 3.8) is 0 Å². The second kappa shape index (κ2) is 9.73. The lowest BCUT2D eigenvalue weighted by atomic mass is 9.93. The van der Waals surface area contributed by atoms with Gasteiger partial charge in [-0.15, -0.1) is 0 Å². The van der Waals surface area contributed by atoms with E-state index >= 15 is 0 Å². The minimum atomic E-state index is -1.56. The smallest absolute Gasteiger partial charge is 0.342 e. The number of carbonyl (C=O) groups is 2. The second-order valence-electron chi connectivity index (χ2n) is 7.67. The molecule has 1 unspecified atom stereocenters. The Labute approximate surface area is 181 Å². The number of phenolic OH excluding ortho intramolecular Hbond substituents is 1. The van der Waals surface area contributed by atoms with Gasteiger partial charge >= 0.3 is 5.97 Å². The summed E-state index contributed by atoms with van der Waals surface area (Å²) in [5.41, 5.74) is 1.97. The van der Waals surface area contributed by atoms with Gasteiger partial charge in [0.2, 0.25) is 0 Å². The van der Waals surface area contributed by atoms with Gasteiger partial charge in [-0.1, -0.05) is 61.5 Å². The van der Waals surface area contributed by atoms with Gasteiger partial charge in [0.25, 0.3) is 0 Å². The van der Waals surface area contributed by atoms with Crippen LogP contribution < -0.4 is 0 Å². The van der Waals surface area contributed by atoms with Gasteiger partial charge in [0.15, 0.2) is 5.78 Å². The van der Waals surface area contributed by atoms with Crippen molar-refractivity contribution in [3.8, 4) is 16.9 Å². The normalized spacial score (nSPS) is 27.0. The average molecular weight is 422 g/mol. The van der Waals surface area contributed by atoms with Crippen molar-refractivity contribution >= 4 is 17.8 Å². The summed E-state index contributed by atoms with van der Waals surface area (Å²) in [4.78, 5) is 25.2. The molecule has 1 aliphatic rings. The zero-order valence-corrected chi connectivity index (χ0v) is 17.4. The number of ether oxygens (including phenoxy) is 1. The molecule has 0 radical (unpaired) electrons. The quantitative estimate of drug-likeness (QED) is 0.608. The number of aliphatic hydroxyl groups excluding tert-OH is 2. The van der Waals surface area contributed by atoms with Crippen molar-refractivity contribution in [1.29, 1.82) is 0 Å². The molecule has 0 saturated heterocycles. The van der Waals surface area contributed by atoms with Crippen LogP contribution in [-0.2, 0) is 9.53 Å². The molecule has 3 rings (SSSR count). The van der Waals surface area contributed by atoms with Crippen molar-refractivity contribution in [2.75, 3.05) is 0 Å². The Kier molecular flexibility index (Phi) is 7.05. The number of rotatable bonds is 1. The monoisotopic (exact) mass is 422 g/mol. The lowest BCUT2D eigenvalue weighted by Crippen LogP contribution is -2.32. The summed E-state index contributed by atoms with van der Waals surface area (Å²) >= 11 is 0. The predicted molar refractivity (Wildman–Crippen MR) is 117 cm³/mol. The Morgan fingerprint density at radius 2 is 1.68 bits per heavy atom. The van der Waals surface area contributed by atoms with E-state index in [1.807, 2.05) is 30.3 Å². The molecule has 3 N–H and O–H groups in total. The van der Waals surface area contributed by atoms with Gasteiger partial charge in [-0.3, -0.25) is 4.79 Å². The van der Waals surface area contributed by atoms with Crippen LogP contribution in [0.15, 0.2) is 60.7 Å². The zero-order valence-electron chi connectivity index (χ0n) is 17.4. The minimum Gasteiger partial charge on any atom is -0.507 e. The first-order chi connectivity index (χ1) is 14.8. The van der Waals surface area contributed by atoms with Crippen LogP contribution >= 0.6 is 0 Å². The number of carbonyl (C=O) groups excluding carboxylic acids is 2. The number of esters is 1. The van der Waals surface area contributed by atoms with Crippen LogP contribution in [0.1, 0.15) is 36.2 Å². The molecular weight excluding hydrogens is 396 g/mol. The zero-order chi connectivity index (χ0) is 22.5. The molecule has 0 aliphatic carbocycles. The molecule has 0 spiro atoms. The minimum absolute atomic E-state index is 0.0174. The fraction of sp³-hybridized carbons (Fsp3) is 0.280. The van der Waals surface area contributed by atoms with Gasteiger partial charge in [0.05, 0.1) is 6.10 Å². The highest BCUT2D eigenvalue weighted by Gasteiger charge is 2.26. The summed E-state index contributed by atoms with van der Waals surface area (Å²) in [6.07, 6.45) is 2.37. The number of aromatic hydroxyl groups is 1. The van der Waals surface area contributed by atoms with Crippen molar-refractivity contribution in [1.82, 2.24) is 0 Å². The molecule has 1 heterocycles. The van der Waals surface area contributed by atoms with Crippen molar-refractivity contribution < 1.29 is 29.6 Å². The van der Waals surface area contributed by atoms with E-state index in [-0.39, 0.29) is 23.7 Å². The van der Waals surface area contributed by atoms with Crippen LogP contribution in [0.3, 0.4) is 0 Å². The van der Waals surface area contributed by atoms with E-state index in [1.54, 1.807) is 32.1 Å². The Morgan fingerprint density at radius 3 is 2.39 bits per heavy atom. The van der Waals surface area contributed by atoms with Gasteiger partial charge in [-0.2, -0.15) is 0 Å². The molecule has 31 heavy (non-hydrogen) atoms. The number of benzene rings is 2. The number of aliphatic hydroxyl groups is 2. The van der Waals surface area contributed by atoms with Crippen LogP contribution in [0.25, 0.3) is 17.2 Å². The maximum atomic E-state index is 13.0. The summed E-state index contributed by atoms with van der Waals surface area (Å²) < 4.78 is 5.58. The van der Waals surface area contributed by atoms with E-state index in [0.29, 0.717) is 11.1 Å². The summed E-state index contributed by atoms with van der Waals surface area (Å²) in [5.74, 6) is -1.86. The first kappa shape index (κ1) is 22.5. The predicted octanol–water partition coefficient (Wildman–Crippen LogP) is 3.50. The highest BCUT2D eigenvalue weighted by molar-refractivity contribution is 6.00. The lowest BCUT2D eigenvalue weighted by molar-refractivity contribution is -0.127. The van der Waals surface area contributed by atoms with Gasteiger partial charge in [-0.25, -0.2) is 4.79 Å². The van der Waals surface area contributed by atoms with Gasteiger partial charge < -0.3 is 20.1 Å². The molecule has 0 fully saturated rings. The van der Waals surface area contributed by atoms with Gasteiger partial charge in [-0.05, 0) is 36.6 Å². The SMILES string of the molecule is C[C@@H]1/C=C\C(=O)C(O)[C@@H](O)C/C=C/c2c(-c3ccccc3)ccc(O)c2C(=O)O[C@H]1C. The molecule has 0 amide bonds. The van der Waals surface area contributed by atoms with E-state index in [4.69, 9.17) is 4.74 Å². The molecule has 4 atom stereocenters. The maximum Gasteiger partial charge on any atom is 0.342 e. The standard InChI is InChI=1S/C25H26O6/c1-15-11-13-22(28)24(29)21(27)10-6-9-19-18(17-7-4-3-5-8-17)12-14-20(26)23(19)25(30)31-16(15)2/h3-9,11-16,21,24,26-27,29H,10H2,1-2H3/b9-6+,13-11-/t15-,16+,21+,24?/m1/s1. The Hall–Kier alpha value is -3.22. The second-order valence-corrected chi connectivity index (χ2v) is 7.67. The molecule has 6 heteroatoms. The van der Waals surface area contributed by atoms with Crippen molar-refractivity contribution in [2.24, 2.45) is 5.92 Å². The van der Waals surface area contributed by atoms with E-state index < -0.39 is 30.1 Å². The van der Waals surface area contributed by atoms with Gasteiger partial charge in [0, 0.05) is 11.5 Å².